The van der Waals surface area contributed by atoms with Crippen molar-refractivity contribution >= 4 is 11.6 Å². The monoisotopic (exact) mass is 304 g/mol. The predicted molar refractivity (Wildman–Crippen MR) is 86.8 cm³/mol. The molecule has 0 aliphatic carbocycles. The highest BCUT2D eigenvalue weighted by Crippen LogP contribution is 2.17. The third-order valence-corrected chi connectivity index (χ3v) is 3.31. The summed E-state index contributed by atoms with van der Waals surface area (Å²) in [5, 5.41) is 3.88. The maximum absolute atomic E-state index is 5.98. The highest BCUT2D eigenvalue weighted by molar-refractivity contribution is 6.30. The Labute approximate surface area is 131 Å². The molecule has 2 rings (SSSR count). The van der Waals surface area contributed by atoms with E-state index in [1.54, 1.807) is 0 Å². The molecule has 0 spiro atoms. The van der Waals surface area contributed by atoms with Gasteiger partial charge in [-0.25, -0.2) is 4.98 Å². The summed E-state index contributed by atoms with van der Waals surface area (Å²) in [6, 6.07) is 11.8. The zero-order chi connectivity index (χ0) is 15.1. The Morgan fingerprint density at radius 3 is 2.76 bits per heavy atom. The van der Waals surface area contributed by atoms with E-state index in [1.165, 1.54) is 5.56 Å². The van der Waals surface area contributed by atoms with Crippen LogP contribution in [-0.4, -0.2) is 12.0 Å². The van der Waals surface area contributed by atoms with Crippen LogP contribution in [0.2, 0.25) is 5.02 Å². The summed E-state index contributed by atoms with van der Waals surface area (Å²) in [7, 11) is 1.94. The molecule has 3 nitrogen and oxygen atoms in total. The van der Waals surface area contributed by atoms with Gasteiger partial charge in [0, 0.05) is 23.3 Å². The lowest BCUT2D eigenvalue weighted by Crippen LogP contribution is -2.07. The number of rotatable bonds is 7. The van der Waals surface area contributed by atoms with Crippen LogP contribution >= 0.6 is 11.6 Å². The largest absolute Gasteiger partial charge is 0.473 e. The van der Waals surface area contributed by atoms with E-state index >= 15 is 0 Å². The summed E-state index contributed by atoms with van der Waals surface area (Å²) >= 11 is 5.98. The Balaban J connectivity index is 2.10. The molecule has 1 heterocycles. The molecule has 0 aliphatic rings. The van der Waals surface area contributed by atoms with Crippen LogP contribution in [0.5, 0.6) is 5.88 Å². The second-order valence-corrected chi connectivity index (χ2v) is 5.44. The molecule has 1 aromatic carbocycles. The van der Waals surface area contributed by atoms with Gasteiger partial charge in [-0.2, -0.15) is 0 Å². The second kappa shape index (κ2) is 8.01. The topological polar surface area (TPSA) is 34.1 Å². The van der Waals surface area contributed by atoms with Gasteiger partial charge in [-0.3, -0.25) is 0 Å². The first-order chi connectivity index (χ1) is 10.2. The number of hydrogen-bond acceptors (Lipinski definition) is 3. The molecule has 0 fully saturated rings. The Bertz CT molecular complexity index is 563. The molecule has 4 heteroatoms. The number of nitrogens with one attached hydrogen (secondary N) is 1. The summed E-state index contributed by atoms with van der Waals surface area (Å²) < 4.78 is 5.82. The van der Waals surface area contributed by atoms with Crippen molar-refractivity contribution in [1.82, 2.24) is 10.3 Å². The highest BCUT2D eigenvalue weighted by atomic mass is 35.5. The summed E-state index contributed by atoms with van der Waals surface area (Å²) in [5.74, 6) is 0.672. The van der Waals surface area contributed by atoms with Gasteiger partial charge in [0.05, 0.1) is 0 Å². The number of aromatic nitrogens is 1. The van der Waals surface area contributed by atoms with Gasteiger partial charge in [0.1, 0.15) is 6.61 Å². The van der Waals surface area contributed by atoms with E-state index in [9.17, 15) is 0 Å². The number of aryl methyl sites for hydroxylation is 1. The van der Waals surface area contributed by atoms with Crippen molar-refractivity contribution in [3.05, 3.63) is 58.2 Å². The normalized spacial score (nSPS) is 10.6. The van der Waals surface area contributed by atoms with Crippen molar-refractivity contribution in [2.75, 3.05) is 7.05 Å². The molecule has 0 aliphatic heterocycles. The van der Waals surface area contributed by atoms with E-state index in [0.29, 0.717) is 12.5 Å². The third-order valence-electron chi connectivity index (χ3n) is 3.08. The van der Waals surface area contributed by atoms with Gasteiger partial charge in [-0.15, -0.1) is 0 Å². The van der Waals surface area contributed by atoms with Crippen LogP contribution in [0.15, 0.2) is 36.4 Å². The number of hydrogen-bond donors (Lipinski definition) is 1. The van der Waals surface area contributed by atoms with Gasteiger partial charge >= 0.3 is 0 Å². The molecule has 21 heavy (non-hydrogen) atoms. The Morgan fingerprint density at radius 1 is 1.19 bits per heavy atom. The minimum atomic E-state index is 0.474. The molecule has 0 saturated heterocycles. The molecule has 0 bridgehead atoms. The van der Waals surface area contributed by atoms with E-state index in [-0.39, 0.29) is 0 Å². The fourth-order valence-corrected chi connectivity index (χ4v) is 2.38. The second-order valence-electron chi connectivity index (χ2n) is 5.00. The predicted octanol–water partition coefficient (Wildman–Crippen LogP) is 3.99. The number of benzene rings is 1. The first-order valence-corrected chi connectivity index (χ1v) is 7.60. The average Bonchev–Trinajstić information content (AvgIpc) is 2.46. The fourth-order valence-electron chi connectivity index (χ4n) is 2.17. The van der Waals surface area contributed by atoms with E-state index in [1.807, 2.05) is 37.4 Å². The van der Waals surface area contributed by atoms with Crippen molar-refractivity contribution in [2.24, 2.45) is 0 Å². The fraction of sp³-hybridized carbons (Fsp3) is 0.353. The number of ether oxygens (including phenoxy) is 1. The lowest BCUT2D eigenvalue weighted by molar-refractivity contribution is 0.292. The SMILES string of the molecule is CCCc1cc(CNC)cc(OCc2cccc(Cl)c2)n1. The standard InChI is InChI=1S/C17H21ClN2O/c1-3-5-16-9-14(11-19-2)10-17(20-16)21-12-13-6-4-7-15(18)8-13/h4,6-10,19H,3,5,11-12H2,1-2H3. The Morgan fingerprint density at radius 2 is 2.05 bits per heavy atom. The van der Waals surface area contributed by atoms with Crippen molar-refractivity contribution < 1.29 is 4.74 Å². The average molecular weight is 305 g/mol. The molecular formula is C17H21ClN2O. The molecule has 0 atom stereocenters. The van der Waals surface area contributed by atoms with Gasteiger partial charge in [-0.05, 0) is 42.8 Å². The van der Waals surface area contributed by atoms with E-state index < -0.39 is 0 Å². The molecule has 112 valence electrons. The molecule has 1 aromatic heterocycles. The lowest BCUT2D eigenvalue weighted by Gasteiger charge is -2.10. The van der Waals surface area contributed by atoms with Crippen LogP contribution in [0.4, 0.5) is 0 Å². The van der Waals surface area contributed by atoms with E-state index in [0.717, 1.165) is 35.7 Å². The van der Waals surface area contributed by atoms with E-state index in [2.05, 4.69) is 23.3 Å². The Hall–Kier alpha value is -1.58. The van der Waals surface area contributed by atoms with Crippen molar-refractivity contribution in [3.8, 4) is 5.88 Å². The summed E-state index contributed by atoms with van der Waals surface area (Å²) in [6.07, 6.45) is 2.04. The van der Waals surface area contributed by atoms with Crippen LogP contribution in [0.3, 0.4) is 0 Å². The molecule has 0 radical (unpaired) electrons. The highest BCUT2D eigenvalue weighted by Gasteiger charge is 2.04. The maximum Gasteiger partial charge on any atom is 0.214 e. The van der Waals surface area contributed by atoms with Crippen LogP contribution in [0.25, 0.3) is 0 Å². The maximum atomic E-state index is 5.98. The molecule has 1 N–H and O–H groups in total. The summed E-state index contributed by atoms with van der Waals surface area (Å²) in [6.45, 7) is 3.44. The Kier molecular flexibility index (Phi) is 6.03. The lowest BCUT2D eigenvalue weighted by atomic mass is 10.1. The van der Waals surface area contributed by atoms with Crippen molar-refractivity contribution in [3.63, 3.8) is 0 Å². The molecule has 0 unspecified atom stereocenters. The summed E-state index contributed by atoms with van der Waals surface area (Å²) in [4.78, 5) is 4.56. The zero-order valence-corrected chi connectivity index (χ0v) is 13.3. The first kappa shape index (κ1) is 15.8. The molecule has 2 aromatic rings. The van der Waals surface area contributed by atoms with Crippen LogP contribution in [-0.2, 0) is 19.6 Å². The molecular weight excluding hydrogens is 284 g/mol. The van der Waals surface area contributed by atoms with E-state index in [4.69, 9.17) is 16.3 Å². The smallest absolute Gasteiger partial charge is 0.214 e. The number of nitrogens with zero attached hydrogens (tertiary/aromatic N) is 1. The van der Waals surface area contributed by atoms with Gasteiger partial charge in [0.25, 0.3) is 0 Å². The summed E-state index contributed by atoms with van der Waals surface area (Å²) in [5.41, 5.74) is 3.31. The van der Waals surface area contributed by atoms with Gasteiger partial charge < -0.3 is 10.1 Å². The third kappa shape index (κ3) is 5.03. The van der Waals surface area contributed by atoms with Crippen LogP contribution in [0, 0.1) is 0 Å². The van der Waals surface area contributed by atoms with Gasteiger partial charge in [0.2, 0.25) is 5.88 Å². The first-order valence-electron chi connectivity index (χ1n) is 7.23. The quantitative estimate of drug-likeness (QED) is 0.840. The van der Waals surface area contributed by atoms with Gasteiger partial charge in [0.15, 0.2) is 0 Å². The van der Waals surface area contributed by atoms with Crippen LogP contribution < -0.4 is 10.1 Å². The minimum Gasteiger partial charge on any atom is -0.473 e. The van der Waals surface area contributed by atoms with Crippen molar-refractivity contribution in [2.45, 2.75) is 32.9 Å². The molecule has 0 amide bonds. The number of pyridine rings is 1. The molecule has 0 saturated carbocycles. The van der Waals surface area contributed by atoms with Gasteiger partial charge in [-0.1, -0.05) is 37.1 Å². The minimum absolute atomic E-state index is 0.474. The van der Waals surface area contributed by atoms with Crippen molar-refractivity contribution in [1.29, 1.82) is 0 Å². The van der Waals surface area contributed by atoms with Crippen LogP contribution in [0.1, 0.15) is 30.2 Å². The number of halogens is 1. The zero-order valence-electron chi connectivity index (χ0n) is 12.5.